The van der Waals surface area contributed by atoms with Crippen LogP contribution in [-0.2, 0) is 4.79 Å². The molecule has 0 saturated heterocycles. The minimum Gasteiger partial charge on any atom is -0.394 e. The largest absolute Gasteiger partial charge is 0.394 e. The fraction of sp³-hybridized carbons (Fsp3) is 0.909. The number of carbonyl (C=O) groups is 1. The van der Waals surface area contributed by atoms with Gasteiger partial charge in [-0.1, -0.05) is 13.3 Å². The molecule has 0 spiro atoms. The van der Waals surface area contributed by atoms with E-state index < -0.39 is 0 Å². The van der Waals surface area contributed by atoms with Crippen LogP contribution in [0, 0.1) is 17.8 Å². The standard InChI is InChI=1S/C11H19NO2/c1-2-7(6-13)12-11(14)10-8-4-3-5-9(8)10/h7-10,13H,2-6H2,1H3,(H,12,14)/t7-,8?,9?,10?/m0/s1. The second-order valence-corrected chi connectivity index (χ2v) is 4.58. The Hall–Kier alpha value is -0.570. The summed E-state index contributed by atoms with van der Waals surface area (Å²) < 4.78 is 0. The van der Waals surface area contributed by atoms with Gasteiger partial charge in [0.15, 0.2) is 0 Å². The average Bonchev–Trinajstić information content (AvgIpc) is 2.69. The van der Waals surface area contributed by atoms with E-state index in [1.54, 1.807) is 0 Å². The van der Waals surface area contributed by atoms with E-state index in [0.29, 0.717) is 11.8 Å². The number of aliphatic hydroxyl groups excluding tert-OH is 1. The highest BCUT2D eigenvalue weighted by Gasteiger charge is 2.56. The molecule has 2 rings (SSSR count). The highest BCUT2D eigenvalue weighted by atomic mass is 16.3. The summed E-state index contributed by atoms with van der Waals surface area (Å²) in [7, 11) is 0. The average molecular weight is 197 g/mol. The van der Waals surface area contributed by atoms with Gasteiger partial charge < -0.3 is 10.4 Å². The Kier molecular flexibility index (Phi) is 2.77. The topological polar surface area (TPSA) is 49.3 Å². The van der Waals surface area contributed by atoms with Crippen LogP contribution in [0.1, 0.15) is 32.6 Å². The zero-order valence-corrected chi connectivity index (χ0v) is 8.70. The fourth-order valence-corrected chi connectivity index (χ4v) is 2.78. The van der Waals surface area contributed by atoms with Gasteiger partial charge in [-0.15, -0.1) is 0 Å². The fourth-order valence-electron chi connectivity index (χ4n) is 2.78. The highest BCUT2D eigenvalue weighted by Crippen LogP contribution is 2.57. The molecular formula is C11H19NO2. The van der Waals surface area contributed by atoms with Crippen LogP contribution in [0.4, 0.5) is 0 Å². The van der Waals surface area contributed by atoms with Crippen molar-refractivity contribution < 1.29 is 9.90 Å². The van der Waals surface area contributed by atoms with Gasteiger partial charge in [0, 0.05) is 5.92 Å². The highest BCUT2D eigenvalue weighted by molar-refractivity contribution is 5.82. The maximum atomic E-state index is 11.7. The van der Waals surface area contributed by atoms with Crippen LogP contribution in [0.5, 0.6) is 0 Å². The number of amides is 1. The van der Waals surface area contributed by atoms with Gasteiger partial charge in [0.05, 0.1) is 12.6 Å². The van der Waals surface area contributed by atoms with Gasteiger partial charge in [-0.25, -0.2) is 0 Å². The predicted molar refractivity (Wildman–Crippen MR) is 53.6 cm³/mol. The number of rotatable bonds is 4. The molecule has 2 N–H and O–H groups in total. The smallest absolute Gasteiger partial charge is 0.223 e. The molecule has 0 bridgehead atoms. The van der Waals surface area contributed by atoms with E-state index in [1.165, 1.54) is 19.3 Å². The number of nitrogens with one attached hydrogen (secondary N) is 1. The van der Waals surface area contributed by atoms with Gasteiger partial charge in [0.1, 0.15) is 0 Å². The lowest BCUT2D eigenvalue weighted by molar-refractivity contribution is -0.124. The van der Waals surface area contributed by atoms with E-state index in [-0.39, 0.29) is 24.5 Å². The Morgan fingerprint density at radius 3 is 2.64 bits per heavy atom. The van der Waals surface area contributed by atoms with E-state index in [1.807, 2.05) is 6.92 Å². The van der Waals surface area contributed by atoms with E-state index in [9.17, 15) is 4.79 Å². The van der Waals surface area contributed by atoms with Crippen molar-refractivity contribution in [2.45, 2.75) is 38.6 Å². The summed E-state index contributed by atoms with van der Waals surface area (Å²) in [5, 5.41) is 11.9. The van der Waals surface area contributed by atoms with Crippen LogP contribution in [0.2, 0.25) is 0 Å². The molecule has 3 heteroatoms. The van der Waals surface area contributed by atoms with Gasteiger partial charge in [-0.2, -0.15) is 0 Å². The maximum absolute atomic E-state index is 11.7. The van der Waals surface area contributed by atoms with Gasteiger partial charge in [-0.3, -0.25) is 4.79 Å². The first kappa shape index (κ1) is 9.97. The quantitative estimate of drug-likeness (QED) is 0.704. The van der Waals surface area contributed by atoms with E-state index in [4.69, 9.17) is 5.11 Å². The normalized spacial score (nSPS) is 36.3. The number of hydrogen-bond acceptors (Lipinski definition) is 2. The molecule has 2 aliphatic carbocycles. The zero-order valence-electron chi connectivity index (χ0n) is 8.70. The molecule has 0 aromatic carbocycles. The van der Waals surface area contributed by atoms with Gasteiger partial charge in [0.2, 0.25) is 5.91 Å². The van der Waals surface area contributed by atoms with E-state index >= 15 is 0 Å². The van der Waals surface area contributed by atoms with Crippen LogP contribution in [0.25, 0.3) is 0 Å². The van der Waals surface area contributed by atoms with Gasteiger partial charge in [0.25, 0.3) is 0 Å². The van der Waals surface area contributed by atoms with Crippen molar-refractivity contribution in [2.75, 3.05) is 6.61 Å². The molecule has 2 aliphatic rings. The van der Waals surface area contributed by atoms with Crippen molar-refractivity contribution in [1.82, 2.24) is 5.32 Å². The van der Waals surface area contributed by atoms with Crippen molar-refractivity contribution in [3.8, 4) is 0 Å². The SMILES string of the molecule is CC[C@@H](CO)NC(=O)C1C2CCCC21. The van der Waals surface area contributed by atoms with E-state index in [0.717, 1.165) is 6.42 Å². The van der Waals surface area contributed by atoms with Crippen LogP contribution in [0.15, 0.2) is 0 Å². The van der Waals surface area contributed by atoms with E-state index in [2.05, 4.69) is 5.32 Å². The summed E-state index contributed by atoms with van der Waals surface area (Å²) in [4.78, 5) is 11.7. The van der Waals surface area contributed by atoms with Gasteiger partial charge >= 0.3 is 0 Å². The first-order valence-electron chi connectivity index (χ1n) is 5.69. The Morgan fingerprint density at radius 2 is 2.14 bits per heavy atom. The van der Waals surface area contributed by atoms with Crippen LogP contribution >= 0.6 is 0 Å². The van der Waals surface area contributed by atoms with Crippen molar-refractivity contribution in [3.05, 3.63) is 0 Å². The first-order valence-corrected chi connectivity index (χ1v) is 5.69. The van der Waals surface area contributed by atoms with Gasteiger partial charge in [-0.05, 0) is 31.1 Å². The van der Waals surface area contributed by atoms with Crippen molar-refractivity contribution >= 4 is 5.91 Å². The lowest BCUT2D eigenvalue weighted by atomic mass is 10.1. The molecule has 0 radical (unpaired) electrons. The molecule has 3 atom stereocenters. The van der Waals surface area contributed by atoms with Crippen LogP contribution in [-0.4, -0.2) is 23.7 Å². The number of hydrogen-bond donors (Lipinski definition) is 2. The molecule has 0 heterocycles. The second kappa shape index (κ2) is 3.89. The van der Waals surface area contributed by atoms with Crippen molar-refractivity contribution in [1.29, 1.82) is 0 Å². The Morgan fingerprint density at radius 1 is 1.50 bits per heavy atom. The van der Waals surface area contributed by atoms with Crippen molar-refractivity contribution in [2.24, 2.45) is 17.8 Å². The summed E-state index contributed by atoms with van der Waals surface area (Å²) in [5.41, 5.74) is 0. The first-order chi connectivity index (χ1) is 6.77. The van der Waals surface area contributed by atoms with Crippen LogP contribution in [0.3, 0.4) is 0 Å². The molecule has 2 fully saturated rings. The predicted octanol–water partition coefficient (Wildman–Crippen LogP) is 0.920. The summed E-state index contributed by atoms with van der Waals surface area (Å²) >= 11 is 0. The lowest BCUT2D eigenvalue weighted by Crippen LogP contribution is -2.38. The molecule has 0 aromatic rings. The minimum absolute atomic E-state index is 0.0381. The molecule has 80 valence electrons. The minimum atomic E-state index is -0.0381. The maximum Gasteiger partial charge on any atom is 0.223 e. The zero-order chi connectivity index (χ0) is 10.1. The molecular weight excluding hydrogens is 178 g/mol. The Labute approximate surface area is 84.9 Å². The lowest BCUT2D eigenvalue weighted by Gasteiger charge is -2.14. The Bertz CT molecular complexity index is 215. The number of aliphatic hydroxyl groups is 1. The third kappa shape index (κ3) is 1.65. The monoisotopic (exact) mass is 197 g/mol. The third-order valence-corrected chi connectivity index (χ3v) is 3.77. The summed E-state index contributed by atoms with van der Waals surface area (Å²) in [5.74, 6) is 1.81. The molecule has 14 heavy (non-hydrogen) atoms. The second-order valence-electron chi connectivity index (χ2n) is 4.58. The summed E-state index contributed by atoms with van der Waals surface area (Å²) in [6.07, 6.45) is 4.58. The molecule has 2 unspecified atom stereocenters. The summed E-state index contributed by atoms with van der Waals surface area (Å²) in [6, 6.07) is -0.0381. The molecule has 3 nitrogen and oxygen atoms in total. The Balaban J connectivity index is 1.79. The van der Waals surface area contributed by atoms with Crippen molar-refractivity contribution in [3.63, 3.8) is 0 Å². The van der Waals surface area contributed by atoms with Crippen LogP contribution < -0.4 is 5.32 Å². The number of carbonyl (C=O) groups excluding carboxylic acids is 1. The molecule has 2 saturated carbocycles. The molecule has 0 aliphatic heterocycles. The number of fused-ring (bicyclic) bond motifs is 1. The third-order valence-electron chi connectivity index (χ3n) is 3.77. The summed E-state index contributed by atoms with van der Waals surface area (Å²) in [6.45, 7) is 2.04. The molecule has 1 amide bonds. The molecule has 0 aromatic heterocycles.